The molecule has 0 fully saturated rings. The summed E-state index contributed by atoms with van der Waals surface area (Å²) in [5, 5.41) is 0. The zero-order valence-electron chi connectivity index (χ0n) is 11.7. The summed E-state index contributed by atoms with van der Waals surface area (Å²) in [5.74, 6) is 2.64. The van der Waals surface area contributed by atoms with Gasteiger partial charge in [0.05, 0.1) is 6.61 Å². The van der Waals surface area contributed by atoms with E-state index in [4.69, 9.17) is 21.1 Å². The van der Waals surface area contributed by atoms with E-state index in [2.05, 4.69) is 11.9 Å². The minimum absolute atomic E-state index is 0.456. The van der Waals surface area contributed by atoms with Gasteiger partial charge in [0.2, 0.25) is 5.88 Å². The van der Waals surface area contributed by atoms with E-state index in [0.717, 1.165) is 35.7 Å². The van der Waals surface area contributed by atoms with Crippen LogP contribution in [0, 0.1) is 6.92 Å². The van der Waals surface area contributed by atoms with Gasteiger partial charge in [-0.05, 0) is 49.2 Å². The van der Waals surface area contributed by atoms with E-state index in [0.29, 0.717) is 11.8 Å². The van der Waals surface area contributed by atoms with Crippen LogP contribution in [0.5, 0.6) is 17.4 Å². The lowest BCUT2D eigenvalue weighted by Crippen LogP contribution is -1.95. The maximum Gasteiger partial charge on any atom is 0.222 e. The van der Waals surface area contributed by atoms with Crippen LogP contribution < -0.4 is 9.47 Å². The molecule has 0 amide bonds. The van der Waals surface area contributed by atoms with Crippen LogP contribution in [0.2, 0.25) is 0 Å². The highest BCUT2D eigenvalue weighted by Crippen LogP contribution is 2.25. The first kappa shape index (κ1) is 14.7. The first-order valence-electron chi connectivity index (χ1n) is 6.65. The zero-order chi connectivity index (χ0) is 14.4. The lowest BCUT2D eigenvalue weighted by molar-refractivity contribution is 0.317. The highest BCUT2D eigenvalue weighted by atomic mass is 35.5. The molecule has 0 bridgehead atoms. The molecule has 0 aliphatic carbocycles. The Labute approximate surface area is 124 Å². The van der Waals surface area contributed by atoms with Crippen LogP contribution in [-0.4, -0.2) is 11.6 Å². The fraction of sp³-hybridized carbons (Fsp3) is 0.312. The Hall–Kier alpha value is -1.74. The van der Waals surface area contributed by atoms with Gasteiger partial charge >= 0.3 is 0 Å². The van der Waals surface area contributed by atoms with Crippen LogP contribution in [0.25, 0.3) is 0 Å². The second-order valence-corrected chi connectivity index (χ2v) is 4.79. The largest absolute Gasteiger partial charge is 0.494 e. The van der Waals surface area contributed by atoms with Gasteiger partial charge in [-0.3, -0.25) is 0 Å². The van der Waals surface area contributed by atoms with E-state index in [1.807, 2.05) is 37.3 Å². The van der Waals surface area contributed by atoms with Gasteiger partial charge in [0.15, 0.2) is 0 Å². The molecule has 0 atom stereocenters. The molecule has 0 N–H and O–H groups in total. The zero-order valence-corrected chi connectivity index (χ0v) is 12.5. The van der Waals surface area contributed by atoms with Crippen LogP contribution in [0.1, 0.15) is 24.5 Å². The molecule has 1 heterocycles. The van der Waals surface area contributed by atoms with Gasteiger partial charge in [0.25, 0.3) is 0 Å². The van der Waals surface area contributed by atoms with Crippen molar-refractivity contribution in [3.8, 4) is 17.4 Å². The standard InChI is InChI=1S/C16H18ClNO2/c1-3-8-19-14-4-6-15(7-5-14)20-16-12(2)9-13(10-17)11-18-16/h4-7,9,11H,3,8,10H2,1-2H3. The third-order valence-corrected chi connectivity index (χ3v) is 3.06. The Morgan fingerprint density at radius 2 is 1.85 bits per heavy atom. The molecule has 1 aromatic heterocycles. The number of pyridine rings is 1. The van der Waals surface area contributed by atoms with Gasteiger partial charge < -0.3 is 9.47 Å². The number of aromatic nitrogens is 1. The average Bonchev–Trinajstić information content (AvgIpc) is 2.48. The first-order valence-corrected chi connectivity index (χ1v) is 7.18. The van der Waals surface area contributed by atoms with Crippen LogP contribution in [0.4, 0.5) is 0 Å². The molecule has 0 aliphatic rings. The molecule has 2 aromatic rings. The van der Waals surface area contributed by atoms with Crippen LogP contribution in [0.15, 0.2) is 36.5 Å². The molecule has 0 saturated heterocycles. The van der Waals surface area contributed by atoms with Crippen molar-refractivity contribution in [1.29, 1.82) is 0 Å². The number of nitrogens with zero attached hydrogens (tertiary/aromatic N) is 1. The SMILES string of the molecule is CCCOc1ccc(Oc2ncc(CCl)cc2C)cc1. The lowest BCUT2D eigenvalue weighted by atomic mass is 10.2. The molecular formula is C16H18ClNO2. The third-order valence-electron chi connectivity index (χ3n) is 2.75. The summed E-state index contributed by atoms with van der Waals surface area (Å²) in [5.41, 5.74) is 1.95. The molecule has 0 radical (unpaired) electrons. The highest BCUT2D eigenvalue weighted by Gasteiger charge is 2.04. The minimum atomic E-state index is 0.456. The Kier molecular flexibility index (Phi) is 5.24. The fourth-order valence-corrected chi connectivity index (χ4v) is 1.88. The molecule has 20 heavy (non-hydrogen) atoms. The summed E-state index contributed by atoms with van der Waals surface area (Å²) in [6, 6.07) is 9.53. The number of ether oxygens (including phenoxy) is 2. The van der Waals surface area contributed by atoms with Gasteiger partial charge in [0.1, 0.15) is 11.5 Å². The molecule has 2 rings (SSSR count). The third kappa shape index (κ3) is 3.87. The molecule has 0 spiro atoms. The van der Waals surface area contributed by atoms with Gasteiger partial charge in [-0.2, -0.15) is 0 Å². The van der Waals surface area contributed by atoms with Crippen molar-refractivity contribution in [2.75, 3.05) is 6.61 Å². The van der Waals surface area contributed by atoms with Crippen molar-refractivity contribution in [3.05, 3.63) is 47.7 Å². The highest BCUT2D eigenvalue weighted by molar-refractivity contribution is 6.17. The van der Waals surface area contributed by atoms with Crippen LogP contribution in [-0.2, 0) is 5.88 Å². The molecule has 3 nitrogen and oxygen atoms in total. The maximum atomic E-state index is 5.78. The predicted molar refractivity (Wildman–Crippen MR) is 80.8 cm³/mol. The summed E-state index contributed by atoms with van der Waals surface area (Å²) < 4.78 is 11.3. The van der Waals surface area contributed by atoms with E-state index >= 15 is 0 Å². The Bertz CT molecular complexity index is 555. The minimum Gasteiger partial charge on any atom is -0.494 e. The van der Waals surface area contributed by atoms with Crippen molar-refractivity contribution < 1.29 is 9.47 Å². The summed E-state index contributed by atoms with van der Waals surface area (Å²) in [6.45, 7) is 4.76. The summed E-state index contributed by atoms with van der Waals surface area (Å²) in [6.07, 6.45) is 2.72. The molecule has 0 aliphatic heterocycles. The van der Waals surface area contributed by atoms with Crippen molar-refractivity contribution in [2.24, 2.45) is 0 Å². The van der Waals surface area contributed by atoms with Gasteiger partial charge in [-0.25, -0.2) is 4.98 Å². The average molecular weight is 292 g/mol. The smallest absolute Gasteiger partial charge is 0.222 e. The second-order valence-electron chi connectivity index (χ2n) is 4.52. The molecule has 4 heteroatoms. The monoisotopic (exact) mass is 291 g/mol. The number of hydrogen-bond acceptors (Lipinski definition) is 3. The van der Waals surface area contributed by atoms with Gasteiger partial charge in [-0.1, -0.05) is 6.92 Å². The van der Waals surface area contributed by atoms with Crippen molar-refractivity contribution in [1.82, 2.24) is 4.98 Å². The second kappa shape index (κ2) is 7.15. The number of benzene rings is 1. The van der Waals surface area contributed by atoms with Crippen molar-refractivity contribution in [2.45, 2.75) is 26.1 Å². The molecule has 0 saturated carbocycles. The van der Waals surface area contributed by atoms with Gasteiger partial charge in [0, 0.05) is 17.6 Å². The number of alkyl halides is 1. The molecular weight excluding hydrogens is 274 g/mol. The van der Waals surface area contributed by atoms with E-state index in [9.17, 15) is 0 Å². The number of halogens is 1. The van der Waals surface area contributed by atoms with E-state index in [-0.39, 0.29) is 0 Å². The quantitative estimate of drug-likeness (QED) is 0.722. The Balaban J connectivity index is 2.06. The van der Waals surface area contributed by atoms with E-state index in [1.165, 1.54) is 0 Å². The topological polar surface area (TPSA) is 31.4 Å². The normalized spacial score (nSPS) is 10.3. The maximum absolute atomic E-state index is 5.78. The van der Waals surface area contributed by atoms with E-state index in [1.54, 1.807) is 6.20 Å². The van der Waals surface area contributed by atoms with Crippen LogP contribution >= 0.6 is 11.6 Å². The molecule has 0 unspecified atom stereocenters. The van der Waals surface area contributed by atoms with Crippen molar-refractivity contribution >= 4 is 11.6 Å². The van der Waals surface area contributed by atoms with Crippen molar-refractivity contribution in [3.63, 3.8) is 0 Å². The Morgan fingerprint density at radius 1 is 1.15 bits per heavy atom. The molecule has 1 aromatic carbocycles. The first-order chi connectivity index (χ1) is 9.72. The lowest BCUT2D eigenvalue weighted by Gasteiger charge is -2.09. The fourth-order valence-electron chi connectivity index (χ4n) is 1.74. The summed E-state index contributed by atoms with van der Waals surface area (Å²) in [7, 11) is 0. The number of hydrogen-bond donors (Lipinski definition) is 0. The number of rotatable bonds is 6. The predicted octanol–water partition coefficient (Wildman–Crippen LogP) is 4.71. The van der Waals surface area contributed by atoms with Crippen LogP contribution in [0.3, 0.4) is 0 Å². The number of aryl methyl sites for hydroxylation is 1. The Morgan fingerprint density at radius 3 is 2.45 bits per heavy atom. The van der Waals surface area contributed by atoms with Gasteiger partial charge in [-0.15, -0.1) is 11.6 Å². The van der Waals surface area contributed by atoms with E-state index < -0.39 is 0 Å². The summed E-state index contributed by atoms with van der Waals surface area (Å²) in [4.78, 5) is 4.28. The summed E-state index contributed by atoms with van der Waals surface area (Å²) >= 11 is 5.78. The molecule has 106 valence electrons.